The van der Waals surface area contributed by atoms with Crippen molar-refractivity contribution in [3.05, 3.63) is 65.2 Å². The smallest absolute Gasteiger partial charge is 0.262 e. The molecule has 0 spiro atoms. The molecule has 0 fully saturated rings. The Morgan fingerprint density at radius 2 is 1.97 bits per heavy atom. The summed E-state index contributed by atoms with van der Waals surface area (Å²) < 4.78 is 34.9. The Kier molecular flexibility index (Phi) is 5.22. The van der Waals surface area contributed by atoms with E-state index in [1.54, 1.807) is 11.0 Å². The summed E-state index contributed by atoms with van der Waals surface area (Å²) in [7, 11) is -3.88. The van der Waals surface area contributed by atoms with Crippen molar-refractivity contribution in [3.8, 4) is 5.75 Å². The SMILES string of the molecule is O=C1COc2cc(S(=O)(=O)NCc3ccc(Cn4cncn4)cc3)c(Cl)cc2N1. The zero-order valence-electron chi connectivity index (χ0n) is 15.0. The van der Waals surface area contributed by atoms with Gasteiger partial charge in [-0.05, 0) is 17.2 Å². The maximum atomic E-state index is 12.7. The molecule has 150 valence electrons. The van der Waals surface area contributed by atoms with E-state index in [1.807, 2.05) is 24.3 Å². The van der Waals surface area contributed by atoms with Crippen molar-refractivity contribution >= 4 is 33.2 Å². The molecule has 2 heterocycles. The molecule has 0 atom stereocenters. The number of carbonyl (C=O) groups is 1. The number of hydrogen-bond acceptors (Lipinski definition) is 6. The lowest BCUT2D eigenvalue weighted by Gasteiger charge is -2.19. The fraction of sp³-hybridized carbons (Fsp3) is 0.167. The summed E-state index contributed by atoms with van der Waals surface area (Å²) in [6.45, 7) is 0.493. The molecule has 1 amide bonds. The first-order chi connectivity index (χ1) is 13.9. The Hall–Kier alpha value is -2.95. The number of rotatable bonds is 6. The van der Waals surface area contributed by atoms with Crippen LogP contribution in [-0.4, -0.2) is 35.7 Å². The lowest BCUT2D eigenvalue weighted by atomic mass is 10.1. The molecule has 2 N–H and O–H groups in total. The van der Waals surface area contributed by atoms with Gasteiger partial charge >= 0.3 is 0 Å². The van der Waals surface area contributed by atoms with Crippen LogP contribution in [0.4, 0.5) is 5.69 Å². The van der Waals surface area contributed by atoms with Crippen LogP contribution in [0.1, 0.15) is 11.1 Å². The molecule has 29 heavy (non-hydrogen) atoms. The third-order valence-electron chi connectivity index (χ3n) is 4.26. The van der Waals surface area contributed by atoms with E-state index in [0.717, 1.165) is 11.1 Å². The molecule has 1 aliphatic heterocycles. The minimum atomic E-state index is -3.88. The average Bonchev–Trinajstić information content (AvgIpc) is 3.20. The number of hydrogen-bond donors (Lipinski definition) is 2. The Bertz CT molecular complexity index is 1150. The molecule has 11 heteroatoms. The lowest BCUT2D eigenvalue weighted by molar-refractivity contribution is -0.118. The van der Waals surface area contributed by atoms with Crippen molar-refractivity contribution in [3.63, 3.8) is 0 Å². The van der Waals surface area contributed by atoms with Gasteiger partial charge in [0, 0.05) is 12.6 Å². The number of aromatic nitrogens is 3. The highest BCUT2D eigenvalue weighted by Gasteiger charge is 2.24. The van der Waals surface area contributed by atoms with Crippen LogP contribution in [0.2, 0.25) is 5.02 Å². The van der Waals surface area contributed by atoms with E-state index in [4.69, 9.17) is 16.3 Å². The van der Waals surface area contributed by atoms with Crippen molar-refractivity contribution in [2.75, 3.05) is 11.9 Å². The molecule has 0 bridgehead atoms. The topological polar surface area (TPSA) is 115 Å². The summed E-state index contributed by atoms with van der Waals surface area (Å²) in [6.07, 6.45) is 3.09. The second-order valence-electron chi connectivity index (χ2n) is 6.35. The molecule has 0 unspecified atom stereocenters. The van der Waals surface area contributed by atoms with Crippen molar-refractivity contribution in [2.24, 2.45) is 0 Å². The van der Waals surface area contributed by atoms with Gasteiger partial charge in [-0.2, -0.15) is 5.10 Å². The van der Waals surface area contributed by atoms with Gasteiger partial charge in [-0.1, -0.05) is 35.9 Å². The van der Waals surface area contributed by atoms with E-state index in [1.165, 1.54) is 18.5 Å². The highest BCUT2D eigenvalue weighted by molar-refractivity contribution is 7.89. The van der Waals surface area contributed by atoms with Crippen LogP contribution in [0.15, 0.2) is 53.9 Å². The summed E-state index contributed by atoms with van der Waals surface area (Å²) in [5, 5.41) is 6.62. The van der Waals surface area contributed by atoms with Crippen LogP contribution in [0, 0.1) is 0 Å². The molecule has 0 saturated carbocycles. The highest BCUT2D eigenvalue weighted by atomic mass is 35.5. The Labute approximate surface area is 171 Å². The molecule has 9 nitrogen and oxygen atoms in total. The van der Waals surface area contributed by atoms with Crippen LogP contribution in [0.5, 0.6) is 5.75 Å². The second kappa shape index (κ2) is 7.82. The van der Waals surface area contributed by atoms with Crippen molar-refractivity contribution in [1.82, 2.24) is 19.5 Å². The Balaban J connectivity index is 1.46. The number of anilines is 1. The Morgan fingerprint density at radius 1 is 1.21 bits per heavy atom. The van der Waals surface area contributed by atoms with Gasteiger partial charge in [0.15, 0.2) is 6.61 Å². The first-order valence-corrected chi connectivity index (χ1v) is 10.4. The quantitative estimate of drug-likeness (QED) is 0.612. The van der Waals surface area contributed by atoms with Crippen molar-refractivity contribution in [2.45, 2.75) is 18.0 Å². The maximum Gasteiger partial charge on any atom is 0.262 e. The standard InChI is InChI=1S/C18H16ClN5O4S/c19-14-5-15-16(28-9-18(25)23-15)6-17(14)29(26,27)22-7-12-1-3-13(4-2-12)8-24-11-20-10-21-24/h1-6,10-11,22H,7-9H2,(H,23,25). The Morgan fingerprint density at radius 3 is 2.69 bits per heavy atom. The van der Waals surface area contributed by atoms with E-state index in [-0.39, 0.29) is 34.7 Å². The normalized spacial score (nSPS) is 13.5. The average molecular weight is 434 g/mol. The number of benzene rings is 2. The van der Waals surface area contributed by atoms with Gasteiger partial charge in [-0.3, -0.25) is 4.79 Å². The van der Waals surface area contributed by atoms with Crippen molar-refractivity contribution in [1.29, 1.82) is 0 Å². The predicted molar refractivity (Wildman–Crippen MR) is 105 cm³/mol. The number of nitrogens with zero attached hydrogens (tertiary/aromatic N) is 3. The molecular formula is C18H16ClN5O4S. The maximum absolute atomic E-state index is 12.7. The number of fused-ring (bicyclic) bond motifs is 1. The number of ether oxygens (including phenoxy) is 1. The fourth-order valence-corrected chi connectivity index (χ4v) is 4.37. The van der Waals surface area contributed by atoms with Crippen LogP contribution in [0.3, 0.4) is 0 Å². The zero-order chi connectivity index (χ0) is 20.4. The number of sulfonamides is 1. The van der Waals surface area contributed by atoms with E-state index in [0.29, 0.717) is 12.2 Å². The van der Waals surface area contributed by atoms with Gasteiger partial charge in [0.05, 0.1) is 17.3 Å². The molecule has 2 aromatic carbocycles. The fourth-order valence-electron chi connectivity index (χ4n) is 2.81. The summed E-state index contributed by atoms with van der Waals surface area (Å²) in [6, 6.07) is 10.1. The van der Waals surface area contributed by atoms with Crippen LogP contribution in [0.25, 0.3) is 0 Å². The van der Waals surface area contributed by atoms with Gasteiger partial charge < -0.3 is 10.1 Å². The largest absolute Gasteiger partial charge is 0.482 e. The van der Waals surface area contributed by atoms with Crippen LogP contribution in [-0.2, 0) is 27.9 Å². The van der Waals surface area contributed by atoms with E-state index >= 15 is 0 Å². The number of carbonyl (C=O) groups excluding carboxylic acids is 1. The first kappa shape index (κ1) is 19.4. The van der Waals surface area contributed by atoms with Gasteiger partial charge in [0.1, 0.15) is 23.3 Å². The summed E-state index contributed by atoms with van der Waals surface area (Å²) >= 11 is 6.12. The molecule has 1 aromatic heterocycles. The minimum Gasteiger partial charge on any atom is -0.482 e. The number of halogens is 1. The van der Waals surface area contributed by atoms with Crippen LogP contribution < -0.4 is 14.8 Å². The molecule has 0 saturated heterocycles. The summed E-state index contributed by atoms with van der Waals surface area (Å²) in [4.78, 5) is 15.2. The molecule has 0 aliphatic carbocycles. The molecule has 4 rings (SSSR count). The summed E-state index contributed by atoms with van der Waals surface area (Å²) in [5.41, 5.74) is 2.14. The monoisotopic (exact) mass is 433 g/mol. The molecule has 3 aromatic rings. The molecule has 1 aliphatic rings. The number of nitrogens with one attached hydrogen (secondary N) is 2. The van der Waals surface area contributed by atoms with Gasteiger partial charge in [-0.25, -0.2) is 22.8 Å². The van der Waals surface area contributed by atoms with Crippen molar-refractivity contribution < 1.29 is 17.9 Å². The van der Waals surface area contributed by atoms with Crippen LogP contribution >= 0.6 is 11.6 Å². The van der Waals surface area contributed by atoms with Gasteiger partial charge in [-0.15, -0.1) is 0 Å². The third kappa shape index (κ3) is 4.39. The minimum absolute atomic E-state index is 0.00905. The van der Waals surface area contributed by atoms with E-state index in [2.05, 4.69) is 20.1 Å². The number of amides is 1. The molecular weight excluding hydrogens is 418 g/mol. The van der Waals surface area contributed by atoms with E-state index in [9.17, 15) is 13.2 Å². The highest BCUT2D eigenvalue weighted by Crippen LogP contribution is 2.35. The second-order valence-corrected chi connectivity index (χ2v) is 8.49. The lowest BCUT2D eigenvalue weighted by Crippen LogP contribution is -2.27. The first-order valence-electron chi connectivity index (χ1n) is 8.57. The summed E-state index contributed by atoms with van der Waals surface area (Å²) in [5.74, 6) is -0.0681. The zero-order valence-corrected chi connectivity index (χ0v) is 16.6. The third-order valence-corrected chi connectivity index (χ3v) is 6.12. The predicted octanol–water partition coefficient (Wildman–Crippen LogP) is 1.79. The molecule has 0 radical (unpaired) electrons. The van der Waals surface area contributed by atoms with Gasteiger partial charge in [0.25, 0.3) is 5.91 Å². The van der Waals surface area contributed by atoms with Gasteiger partial charge in [0.2, 0.25) is 10.0 Å². The van der Waals surface area contributed by atoms with E-state index < -0.39 is 10.0 Å².